The van der Waals surface area contributed by atoms with Crippen molar-refractivity contribution in [1.29, 1.82) is 0 Å². The van der Waals surface area contributed by atoms with E-state index in [4.69, 9.17) is 13.3 Å². The first-order valence-corrected chi connectivity index (χ1v) is 15.6. The van der Waals surface area contributed by atoms with Gasteiger partial charge in [-0.15, -0.1) is 30.6 Å². The fourth-order valence-electron chi connectivity index (χ4n) is 6.68. The molecule has 0 spiro atoms. The van der Waals surface area contributed by atoms with Crippen molar-refractivity contribution in [1.82, 2.24) is 30.6 Å². The molecule has 6 rings (SSSR count). The Bertz CT molecular complexity index is 1380. The van der Waals surface area contributed by atoms with Crippen LogP contribution < -0.4 is 0 Å². The number of nitrogens with zero attached hydrogens (tertiary/aromatic N) is 6. The van der Waals surface area contributed by atoms with E-state index in [2.05, 4.69) is 37.5 Å². The van der Waals surface area contributed by atoms with Gasteiger partial charge < -0.3 is 17.8 Å². The average molecular weight is 560 g/mol. The predicted molar refractivity (Wildman–Crippen MR) is 135 cm³/mol. The number of hydrogen-bond acceptors (Lipinski definition) is 12. The second kappa shape index (κ2) is 10.7. The van der Waals surface area contributed by atoms with E-state index < -0.39 is 15.4 Å². The van der Waals surface area contributed by atoms with Crippen LogP contribution in [0, 0.1) is 12.8 Å². The summed E-state index contributed by atoms with van der Waals surface area (Å²) in [5, 5.41) is 24.3. The molecular weight excluding hydrogens is 524 g/mol. The minimum absolute atomic E-state index is 0.0490. The lowest BCUT2D eigenvalue weighted by molar-refractivity contribution is 0.263. The minimum Gasteiger partial charge on any atom is -0.748 e. The smallest absolute Gasteiger partial charge is 0.219 e. The van der Waals surface area contributed by atoms with Crippen LogP contribution >= 0.6 is 0 Å². The molecule has 0 aromatic carbocycles. The lowest BCUT2D eigenvalue weighted by Gasteiger charge is -2.33. The highest BCUT2D eigenvalue weighted by atomic mass is 32.2. The maximum Gasteiger partial charge on any atom is 0.219 e. The van der Waals surface area contributed by atoms with Gasteiger partial charge in [0.05, 0.1) is 15.4 Å². The molecule has 0 bridgehead atoms. The Morgan fingerprint density at radius 3 is 1.59 bits per heavy atom. The molecule has 3 saturated carbocycles. The van der Waals surface area contributed by atoms with Crippen LogP contribution in [0.4, 0.5) is 0 Å². The van der Waals surface area contributed by atoms with E-state index in [0.717, 1.165) is 50.3 Å². The van der Waals surface area contributed by atoms with Gasteiger partial charge in [0, 0.05) is 36.5 Å². The molecule has 0 amide bonds. The Morgan fingerprint density at radius 2 is 1.08 bits per heavy atom. The highest BCUT2D eigenvalue weighted by Gasteiger charge is 2.39. The standard InChI is InChI=1S/C26H36N6O6S/c1-14-6-8-16(9-7-14)22-29-30-23(37-22)17-4-3-5-18(10-17)24-31-32-26(38-24)20-11-19(25-28-27-15(2)36-25)12-21(13-20)39(33,34)35/h14,16-21H,3-13H2,1-2H3,(H,33,34,35)/p-1. The van der Waals surface area contributed by atoms with E-state index in [0.29, 0.717) is 41.8 Å². The largest absolute Gasteiger partial charge is 0.748 e. The molecule has 0 N–H and O–H groups in total. The van der Waals surface area contributed by atoms with Crippen LogP contribution in [0.3, 0.4) is 0 Å². The second-order valence-electron chi connectivity index (χ2n) is 11.8. The van der Waals surface area contributed by atoms with Gasteiger partial charge in [-0.05, 0) is 70.1 Å². The van der Waals surface area contributed by atoms with Crippen LogP contribution in [0.1, 0.15) is 142 Å². The Morgan fingerprint density at radius 1 is 0.615 bits per heavy atom. The first kappa shape index (κ1) is 26.5. The van der Waals surface area contributed by atoms with Crippen LogP contribution in [0.5, 0.6) is 0 Å². The SMILES string of the molecule is Cc1nnc(C2CC(c3nnc(C4CCCC(c5nnc(C6CCC(C)CC6)o5)C4)o3)CC(S(=O)(=O)[O-])C2)o1. The zero-order valence-electron chi connectivity index (χ0n) is 22.4. The fraction of sp³-hybridized carbons (Fsp3) is 0.769. The molecule has 0 saturated heterocycles. The van der Waals surface area contributed by atoms with Crippen LogP contribution in [-0.4, -0.2) is 48.8 Å². The summed E-state index contributed by atoms with van der Waals surface area (Å²) in [6, 6.07) is 0. The van der Waals surface area contributed by atoms with E-state index in [1.807, 2.05) is 0 Å². The molecule has 3 aliphatic carbocycles. The quantitative estimate of drug-likeness (QED) is 0.376. The summed E-state index contributed by atoms with van der Waals surface area (Å²) in [6.45, 7) is 3.97. The van der Waals surface area contributed by atoms with Crippen LogP contribution in [-0.2, 0) is 10.1 Å². The van der Waals surface area contributed by atoms with Gasteiger partial charge in [-0.25, -0.2) is 8.42 Å². The number of hydrogen-bond donors (Lipinski definition) is 0. The first-order chi connectivity index (χ1) is 18.7. The summed E-state index contributed by atoms with van der Waals surface area (Å²) in [4.78, 5) is 0. The van der Waals surface area contributed by atoms with Crippen molar-refractivity contribution >= 4 is 10.1 Å². The lowest BCUT2D eigenvalue weighted by Crippen LogP contribution is -2.31. The number of aryl methyl sites for hydroxylation is 1. The topological polar surface area (TPSA) is 174 Å². The normalized spacial score (nSPS) is 32.3. The highest BCUT2D eigenvalue weighted by Crippen LogP contribution is 2.45. The number of aromatic nitrogens is 6. The molecule has 3 heterocycles. The third-order valence-corrected chi connectivity index (χ3v) is 10.2. The van der Waals surface area contributed by atoms with Crippen LogP contribution in [0.15, 0.2) is 13.3 Å². The molecule has 5 atom stereocenters. The Labute approximate surface area is 227 Å². The Hall–Kier alpha value is -2.67. The lowest BCUT2D eigenvalue weighted by atomic mass is 9.80. The molecule has 13 heteroatoms. The van der Waals surface area contributed by atoms with Gasteiger partial charge >= 0.3 is 0 Å². The van der Waals surface area contributed by atoms with E-state index in [1.54, 1.807) is 6.92 Å². The monoisotopic (exact) mass is 559 g/mol. The predicted octanol–water partition coefficient (Wildman–Crippen LogP) is 4.84. The second-order valence-corrected chi connectivity index (χ2v) is 13.5. The molecule has 3 aliphatic rings. The maximum absolute atomic E-state index is 12.0. The van der Waals surface area contributed by atoms with Gasteiger partial charge in [0.1, 0.15) is 0 Å². The maximum atomic E-state index is 12.0. The van der Waals surface area contributed by atoms with Crippen molar-refractivity contribution in [2.75, 3.05) is 0 Å². The highest BCUT2D eigenvalue weighted by molar-refractivity contribution is 7.86. The summed E-state index contributed by atoms with van der Waals surface area (Å²) < 4.78 is 53.8. The molecule has 3 fully saturated rings. The van der Waals surface area contributed by atoms with Crippen molar-refractivity contribution in [3.05, 3.63) is 35.3 Å². The molecule has 12 nitrogen and oxygen atoms in total. The van der Waals surface area contributed by atoms with E-state index in [9.17, 15) is 13.0 Å². The van der Waals surface area contributed by atoms with Gasteiger partial charge in [-0.3, -0.25) is 0 Å². The number of rotatable bonds is 6. The summed E-state index contributed by atoms with van der Waals surface area (Å²) in [5.74, 6) is 3.63. The van der Waals surface area contributed by atoms with Crippen molar-refractivity contribution in [3.8, 4) is 0 Å². The van der Waals surface area contributed by atoms with Gasteiger partial charge in [0.25, 0.3) is 0 Å². The van der Waals surface area contributed by atoms with E-state index in [-0.39, 0.29) is 36.5 Å². The minimum atomic E-state index is -4.51. The molecule has 0 aliphatic heterocycles. The van der Waals surface area contributed by atoms with Crippen molar-refractivity contribution in [2.24, 2.45) is 5.92 Å². The van der Waals surface area contributed by atoms with Gasteiger partial charge in [0.2, 0.25) is 35.3 Å². The van der Waals surface area contributed by atoms with E-state index >= 15 is 0 Å². The first-order valence-electron chi connectivity index (χ1n) is 14.1. The summed E-state index contributed by atoms with van der Waals surface area (Å²) in [7, 11) is -4.51. The van der Waals surface area contributed by atoms with Crippen molar-refractivity contribution in [2.45, 2.75) is 119 Å². The summed E-state index contributed by atoms with van der Waals surface area (Å²) in [5.41, 5.74) is 0. The summed E-state index contributed by atoms with van der Waals surface area (Å²) >= 11 is 0. The molecule has 0 radical (unpaired) electrons. The fourth-order valence-corrected chi connectivity index (χ4v) is 7.62. The third kappa shape index (κ3) is 5.79. The van der Waals surface area contributed by atoms with Gasteiger partial charge in [-0.1, -0.05) is 13.3 Å². The van der Waals surface area contributed by atoms with Gasteiger partial charge in [-0.2, -0.15) is 0 Å². The molecule has 39 heavy (non-hydrogen) atoms. The molecule has 212 valence electrons. The molecule has 5 unspecified atom stereocenters. The van der Waals surface area contributed by atoms with Crippen LogP contribution in [0.2, 0.25) is 0 Å². The molecular formula is C26H35N6O6S-. The zero-order chi connectivity index (χ0) is 27.1. The Balaban J connectivity index is 1.15. The molecule has 3 aromatic heterocycles. The van der Waals surface area contributed by atoms with Crippen LogP contribution in [0.25, 0.3) is 0 Å². The Kier molecular flexibility index (Phi) is 7.30. The summed E-state index contributed by atoms with van der Waals surface area (Å²) in [6.07, 6.45) is 9.00. The zero-order valence-corrected chi connectivity index (χ0v) is 23.2. The average Bonchev–Trinajstić information content (AvgIpc) is 3.70. The molecule has 3 aromatic rings. The van der Waals surface area contributed by atoms with Crippen molar-refractivity contribution < 1.29 is 26.2 Å². The van der Waals surface area contributed by atoms with E-state index in [1.165, 1.54) is 12.8 Å². The van der Waals surface area contributed by atoms with Crippen molar-refractivity contribution in [3.63, 3.8) is 0 Å². The third-order valence-electron chi connectivity index (χ3n) is 8.96. The van der Waals surface area contributed by atoms with Gasteiger partial charge in [0.15, 0.2) is 0 Å².